The van der Waals surface area contributed by atoms with E-state index < -0.39 is 0 Å². The fourth-order valence-electron chi connectivity index (χ4n) is 1.71. The van der Waals surface area contributed by atoms with Crippen molar-refractivity contribution in [3.63, 3.8) is 0 Å². The highest BCUT2D eigenvalue weighted by atomic mass is 32.1. The topological polar surface area (TPSA) is 0 Å². The van der Waals surface area contributed by atoms with E-state index in [1.165, 1.54) is 24.1 Å². The molecule has 0 saturated heterocycles. The number of rotatable bonds is 1. The molecule has 1 fully saturated rings. The van der Waals surface area contributed by atoms with Crippen molar-refractivity contribution in [1.29, 1.82) is 0 Å². The van der Waals surface area contributed by atoms with Gasteiger partial charge in [0, 0.05) is 15.2 Å². The molecule has 0 aliphatic heterocycles. The minimum Gasteiger partial charge on any atom is -0.145 e. The first-order valence-corrected chi connectivity index (χ1v) is 5.09. The maximum absolute atomic E-state index is 2.39. The molecule has 1 heterocycles. The van der Waals surface area contributed by atoms with Gasteiger partial charge in [-0.1, -0.05) is 13.3 Å². The van der Waals surface area contributed by atoms with Gasteiger partial charge in [-0.3, -0.25) is 0 Å². The Morgan fingerprint density at radius 1 is 1.36 bits per heavy atom. The van der Waals surface area contributed by atoms with Gasteiger partial charge in [-0.05, 0) is 31.9 Å². The van der Waals surface area contributed by atoms with Gasteiger partial charge in [-0.25, -0.2) is 0 Å². The van der Waals surface area contributed by atoms with Crippen molar-refractivity contribution in [3.05, 3.63) is 21.9 Å². The summed E-state index contributed by atoms with van der Waals surface area (Å²) in [5, 5.41) is 0. The van der Waals surface area contributed by atoms with Crippen LogP contribution in [0.5, 0.6) is 0 Å². The standard InChI is InChI=1S/C10H14S/c1-8-4-5-9(11-8)10(2)6-3-7-10/h4-5H,3,6-7H2,1-2H3. The van der Waals surface area contributed by atoms with Crippen molar-refractivity contribution >= 4 is 11.3 Å². The molecule has 60 valence electrons. The molecule has 0 aromatic carbocycles. The second-order valence-corrected chi connectivity index (χ2v) is 5.11. The molecule has 1 aliphatic rings. The summed E-state index contributed by atoms with van der Waals surface area (Å²) in [6.45, 7) is 4.58. The monoisotopic (exact) mass is 166 g/mol. The van der Waals surface area contributed by atoms with Crippen LogP contribution in [0.15, 0.2) is 12.1 Å². The van der Waals surface area contributed by atoms with Crippen molar-refractivity contribution in [2.75, 3.05) is 0 Å². The first-order chi connectivity index (χ1) is 5.21. The highest BCUT2D eigenvalue weighted by Gasteiger charge is 2.34. The van der Waals surface area contributed by atoms with E-state index in [0.29, 0.717) is 5.41 Å². The Bertz CT molecular complexity index is 256. The molecule has 2 rings (SSSR count). The summed E-state index contributed by atoms with van der Waals surface area (Å²) < 4.78 is 0. The van der Waals surface area contributed by atoms with E-state index in [9.17, 15) is 0 Å². The number of hydrogen-bond acceptors (Lipinski definition) is 1. The average molecular weight is 166 g/mol. The Labute approximate surface area is 72.3 Å². The third-order valence-electron chi connectivity index (χ3n) is 2.79. The molecule has 1 heteroatoms. The van der Waals surface area contributed by atoms with E-state index in [4.69, 9.17) is 0 Å². The van der Waals surface area contributed by atoms with Gasteiger partial charge in [0.1, 0.15) is 0 Å². The molecule has 0 spiro atoms. The first-order valence-electron chi connectivity index (χ1n) is 4.28. The first kappa shape index (κ1) is 7.35. The van der Waals surface area contributed by atoms with E-state index in [0.717, 1.165) is 0 Å². The Hall–Kier alpha value is -0.300. The molecule has 11 heavy (non-hydrogen) atoms. The van der Waals surface area contributed by atoms with Crippen LogP contribution in [0.1, 0.15) is 35.9 Å². The maximum Gasteiger partial charge on any atom is 0.0107 e. The molecular formula is C10H14S. The fraction of sp³-hybridized carbons (Fsp3) is 0.600. The quantitative estimate of drug-likeness (QED) is 0.599. The molecule has 0 nitrogen and oxygen atoms in total. The lowest BCUT2D eigenvalue weighted by Gasteiger charge is -2.37. The van der Waals surface area contributed by atoms with Crippen LogP contribution >= 0.6 is 11.3 Å². The zero-order valence-electron chi connectivity index (χ0n) is 7.18. The van der Waals surface area contributed by atoms with E-state index >= 15 is 0 Å². The van der Waals surface area contributed by atoms with Crippen LogP contribution in [0.2, 0.25) is 0 Å². The maximum atomic E-state index is 2.39. The van der Waals surface area contributed by atoms with Crippen molar-refractivity contribution < 1.29 is 0 Å². The fourth-order valence-corrected chi connectivity index (χ4v) is 2.78. The average Bonchev–Trinajstić information content (AvgIpc) is 2.31. The third-order valence-corrected chi connectivity index (χ3v) is 4.10. The SMILES string of the molecule is Cc1ccc(C2(C)CCC2)s1. The zero-order chi connectivity index (χ0) is 7.90. The molecule has 0 N–H and O–H groups in total. The minimum absolute atomic E-state index is 0.554. The Balaban J connectivity index is 2.28. The second kappa shape index (κ2) is 2.34. The van der Waals surface area contributed by atoms with Gasteiger partial charge in [-0.15, -0.1) is 11.3 Å². The smallest absolute Gasteiger partial charge is 0.0107 e. The van der Waals surface area contributed by atoms with Crippen LogP contribution in [0.3, 0.4) is 0 Å². The molecule has 0 amide bonds. The van der Waals surface area contributed by atoms with Gasteiger partial charge in [0.2, 0.25) is 0 Å². The summed E-state index contributed by atoms with van der Waals surface area (Å²) in [6, 6.07) is 4.54. The molecule has 0 unspecified atom stereocenters. The number of aryl methyl sites for hydroxylation is 1. The van der Waals surface area contributed by atoms with Crippen LogP contribution in [-0.4, -0.2) is 0 Å². The van der Waals surface area contributed by atoms with Crippen molar-refractivity contribution in [2.45, 2.75) is 38.5 Å². The largest absolute Gasteiger partial charge is 0.145 e. The van der Waals surface area contributed by atoms with E-state index in [1.54, 1.807) is 4.88 Å². The summed E-state index contributed by atoms with van der Waals surface area (Å²) in [4.78, 5) is 3.05. The molecule has 1 aliphatic carbocycles. The molecule has 0 bridgehead atoms. The van der Waals surface area contributed by atoms with Gasteiger partial charge in [0.15, 0.2) is 0 Å². The van der Waals surface area contributed by atoms with Gasteiger partial charge in [0.25, 0.3) is 0 Å². The van der Waals surface area contributed by atoms with Crippen molar-refractivity contribution in [3.8, 4) is 0 Å². The van der Waals surface area contributed by atoms with Gasteiger partial charge in [-0.2, -0.15) is 0 Å². The lowest BCUT2D eigenvalue weighted by atomic mass is 9.69. The highest BCUT2D eigenvalue weighted by Crippen LogP contribution is 2.45. The zero-order valence-corrected chi connectivity index (χ0v) is 8.00. The predicted molar refractivity (Wildman–Crippen MR) is 50.3 cm³/mol. The highest BCUT2D eigenvalue weighted by molar-refractivity contribution is 7.12. The van der Waals surface area contributed by atoms with Crippen LogP contribution in [0, 0.1) is 6.92 Å². The summed E-state index contributed by atoms with van der Waals surface area (Å²) in [5.41, 5.74) is 0.554. The van der Waals surface area contributed by atoms with Crippen LogP contribution in [-0.2, 0) is 5.41 Å². The summed E-state index contributed by atoms with van der Waals surface area (Å²) in [7, 11) is 0. The Kier molecular flexibility index (Phi) is 1.57. The molecule has 0 radical (unpaired) electrons. The van der Waals surface area contributed by atoms with Gasteiger partial charge < -0.3 is 0 Å². The predicted octanol–water partition coefficient (Wildman–Crippen LogP) is 3.50. The summed E-state index contributed by atoms with van der Waals surface area (Å²) in [6.07, 6.45) is 4.22. The number of hydrogen-bond donors (Lipinski definition) is 0. The molecular weight excluding hydrogens is 152 g/mol. The Morgan fingerprint density at radius 3 is 2.45 bits per heavy atom. The summed E-state index contributed by atoms with van der Waals surface area (Å²) in [5.74, 6) is 0. The Morgan fingerprint density at radius 2 is 2.09 bits per heavy atom. The lowest BCUT2D eigenvalue weighted by molar-refractivity contribution is 0.278. The van der Waals surface area contributed by atoms with Crippen LogP contribution < -0.4 is 0 Å². The van der Waals surface area contributed by atoms with Gasteiger partial charge in [0.05, 0.1) is 0 Å². The van der Waals surface area contributed by atoms with Gasteiger partial charge >= 0.3 is 0 Å². The molecule has 1 aromatic heterocycles. The van der Waals surface area contributed by atoms with E-state index in [-0.39, 0.29) is 0 Å². The molecule has 1 saturated carbocycles. The molecule has 0 atom stereocenters. The van der Waals surface area contributed by atoms with Crippen molar-refractivity contribution in [2.24, 2.45) is 0 Å². The van der Waals surface area contributed by atoms with Crippen LogP contribution in [0.4, 0.5) is 0 Å². The van der Waals surface area contributed by atoms with Crippen molar-refractivity contribution in [1.82, 2.24) is 0 Å². The number of thiophene rings is 1. The van der Waals surface area contributed by atoms with Crippen LogP contribution in [0.25, 0.3) is 0 Å². The second-order valence-electron chi connectivity index (χ2n) is 3.82. The van der Waals surface area contributed by atoms with E-state index in [2.05, 4.69) is 26.0 Å². The summed E-state index contributed by atoms with van der Waals surface area (Å²) >= 11 is 1.97. The van der Waals surface area contributed by atoms with E-state index in [1.807, 2.05) is 11.3 Å². The lowest BCUT2D eigenvalue weighted by Crippen LogP contribution is -2.28. The normalized spacial score (nSPS) is 21.3. The minimum atomic E-state index is 0.554. The molecule has 1 aromatic rings. The third kappa shape index (κ3) is 1.12.